The number of ether oxygens (including phenoxy) is 2. The summed E-state index contributed by atoms with van der Waals surface area (Å²) in [5.74, 6) is 0.547. The molecule has 2 unspecified atom stereocenters. The maximum absolute atomic E-state index is 13.6. The zero-order chi connectivity index (χ0) is 20.2. The van der Waals surface area contributed by atoms with Gasteiger partial charge in [-0.15, -0.1) is 0 Å². The lowest BCUT2D eigenvalue weighted by Gasteiger charge is -2.23. The number of aliphatic imine (C=N–C) groups is 1. The predicted molar refractivity (Wildman–Crippen MR) is 111 cm³/mol. The Morgan fingerprint density at radius 3 is 2.93 bits per heavy atom. The van der Waals surface area contributed by atoms with Crippen LogP contribution >= 0.6 is 0 Å². The third-order valence-corrected chi connectivity index (χ3v) is 4.71. The van der Waals surface area contributed by atoms with Gasteiger partial charge in [0.05, 0.1) is 25.3 Å². The SMILES string of the molecule is CCNC(=NCC(c1cccc(F)c1)N(C)C)NCCCOCC1CCCO1. The van der Waals surface area contributed by atoms with Gasteiger partial charge in [0.2, 0.25) is 0 Å². The van der Waals surface area contributed by atoms with Crippen molar-refractivity contribution in [3.8, 4) is 0 Å². The summed E-state index contributed by atoms with van der Waals surface area (Å²) in [5.41, 5.74) is 0.923. The Morgan fingerprint density at radius 1 is 1.39 bits per heavy atom. The molecule has 2 atom stereocenters. The summed E-state index contributed by atoms with van der Waals surface area (Å²) in [6.45, 7) is 6.40. The van der Waals surface area contributed by atoms with Gasteiger partial charge in [-0.1, -0.05) is 12.1 Å². The first kappa shape index (κ1) is 22.6. The van der Waals surface area contributed by atoms with E-state index in [2.05, 4.69) is 15.5 Å². The van der Waals surface area contributed by atoms with E-state index in [1.54, 1.807) is 12.1 Å². The monoisotopic (exact) mass is 394 g/mol. The number of hydrogen-bond donors (Lipinski definition) is 2. The molecule has 1 aromatic carbocycles. The molecule has 2 N–H and O–H groups in total. The van der Waals surface area contributed by atoms with Crippen LogP contribution in [-0.4, -0.2) is 70.5 Å². The minimum absolute atomic E-state index is 0.0147. The van der Waals surface area contributed by atoms with Crippen LogP contribution in [0.5, 0.6) is 0 Å². The minimum atomic E-state index is -0.221. The standard InChI is InChI=1S/C21H35FN4O2/c1-4-23-21(24-11-7-12-27-16-19-10-6-13-28-19)25-15-20(26(2)3)17-8-5-9-18(22)14-17/h5,8-9,14,19-20H,4,6-7,10-13,15-16H2,1-3H3,(H2,23,24,25). The molecule has 0 amide bonds. The Hall–Kier alpha value is -1.70. The Labute approximate surface area is 168 Å². The van der Waals surface area contributed by atoms with Crippen molar-refractivity contribution in [1.29, 1.82) is 0 Å². The Balaban J connectivity index is 1.77. The molecule has 1 heterocycles. The van der Waals surface area contributed by atoms with Gasteiger partial charge in [-0.05, 0) is 58.0 Å². The van der Waals surface area contributed by atoms with Crippen LogP contribution in [0.4, 0.5) is 4.39 Å². The molecule has 28 heavy (non-hydrogen) atoms. The second kappa shape index (κ2) is 12.7. The highest BCUT2D eigenvalue weighted by molar-refractivity contribution is 5.79. The summed E-state index contributed by atoms with van der Waals surface area (Å²) in [6.07, 6.45) is 3.42. The summed E-state index contributed by atoms with van der Waals surface area (Å²) in [7, 11) is 3.97. The van der Waals surface area contributed by atoms with E-state index >= 15 is 0 Å². The molecular weight excluding hydrogens is 359 g/mol. The van der Waals surface area contributed by atoms with Crippen LogP contribution in [0, 0.1) is 5.82 Å². The maximum atomic E-state index is 13.6. The lowest BCUT2D eigenvalue weighted by Crippen LogP contribution is -2.39. The average molecular weight is 395 g/mol. The predicted octanol–water partition coefficient (Wildman–Crippen LogP) is 2.57. The zero-order valence-electron chi connectivity index (χ0n) is 17.4. The molecule has 0 aliphatic carbocycles. The quantitative estimate of drug-likeness (QED) is 0.343. The van der Waals surface area contributed by atoms with Crippen molar-refractivity contribution in [3.05, 3.63) is 35.6 Å². The van der Waals surface area contributed by atoms with E-state index in [9.17, 15) is 4.39 Å². The molecule has 6 nitrogen and oxygen atoms in total. The molecule has 0 spiro atoms. The number of hydrogen-bond acceptors (Lipinski definition) is 4. The molecular formula is C21H35FN4O2. The average Bonchev–Trinajstić information content (AvgIpc) is 3.18. The summed E-state index contributed by atoms with van der Waals surface area (Å²) in [5, 5.41) is 6.60. The summed E-state index contributed by atoms with van der Waals surface area (Å²) >= 11 is 0. The molecule has 0 radical (unpaired) electrons. The van der Waals surface area contributed by atoms with Crippen LogP contribution in [0.3, 0.4) is 0 Å². The van der Waals surface area contributed by atoms with Gasteiger partial charge in [-0.2, -0.15) is 0 Å². The molecule has 1 saturated heterocycles. The molecule has 0 bridgehead atoms. The Morgan fingerprint density at radius 2 is 2.25 bits per heavy atom. The largest absolute Gasteiger partial charge is 0.379 e. The second-order valence-electron chi connectivity index (χ2n) is 7.24. The highest BCUT2D eigenvalue weighted by Gasteiger charge is 2.16. The van der Waals surface area contributed by atoms with Crippen molar-refractivity contribution in [2.24, 2.45) is 4.99 Å². The summed E-state index contributed by atoms with van der Waals surface area (Å²) < 4.78 is 24.8. The van der Waals surface area contributed by atoms with Gasteiger partial charge in [0, 0.05) is 26.3 Å². The number of nitrogens with zero attached hydrogens (tertiary/aromatic N) is 2. The number of likely N-dealkylation sites (N-methyl/N-ethyl adjacent to an activating group) is 1. The van der Waals surface area contributed by atoms with Crippen molar-refractivity contribution < 1.29 is 13.9 Å². The normalized spacial score (nSPS) is 18.5. The van der Waals surface area contributed by atoms with Crippen LogP contribution in [0.25, 0.3) is 0 Å². The van der Waals surface area contributed by atoms with Gasteiger partial charge in [0.15, 0.2) is 5.96 Å². The van der Waals surface area contributed by atoms with E-state index in [1.807, 2.05) is 27.1 Å². The third-order valence-electron chi connectivity index (χ3n) is 4.71. The zero-order valence-corrected chi connectivity index (χ0v) is 17.4. The van der Waals surface area contributed by atoms with E-state index in [1.165, 1.54) is 6.07 Å². The van der Waals surface area contributed by atoms with Crippen molar-refractivity contribution in [2.75, 3.05) is 53.6 Å². The van der Waals surface area contributed by atoms with E-state index < -0.39 is 0 Å². The topological polar surface area (TPSA) is 58.1 Å². The van der Waals surface area contributed by atoms with Crippen LogP contribution in [-0.2, 0) is 9.47 Å². The summed E-state index contributed by atoms with van der Waals surface area (Å²) in [6, 6.07) is 6.73. The van der Waals surface area contributed by atoms with Gasteiger partial charge in [0.25, 0.3) is 0 Å². The van der Waals surface area contributed by atoms with E-state index in [4.69, 9.17) is 14.5 Å². The highest BCUT2D eigenvalue weighted by atomic mass is 19.1. The molecule has 1 aromatic rings. The van der Waals surface area contributed by atoms with Crippen molar-refractivity contribution in [2.45, 2.75) is 38.3 Å². The van der Waals surface area contributed by atoms with Crippen LogP contribution in [0.15, 0.2) is 29.3 Å². The third kappa shape index (κ3) is 8.12. The number of guanidine groups is 1. The van der Waals surface area contributed by atoms with Crippen molar-refractivity contribution in [1.82, 2.24) is 15.5 Å². The first-order chi connectivity index (χ1) is 13.6. The first-order valence-corrected chi connectivity index (χ1v) is 10.2. The first-order valence-electron chi connectivity index (χ1n) is 10.2. The van der Waals surface area contributed by atoms with Crippen molar-refractivity contribution >= 4 is 5.96 Å². The molecule has 2 rings (SSSR count). The number of benzene rings is 1. The van der Waals surface area contributed by atoms with Crippen LogP contribution in [0.2, 0.25) is 0 Å². The van der Waals surface area contributed by atoms with E-state index in [0.717, 1.165) is 50.5 Å². The molecule has 0 saturated carbocycles. The van der Waals surface area contributed by atoms with Gasteiger partial charge < -0.3 is 25.0 Å². The summed E-state index contributed by atoms with van der Waals surface area (Å²) in [4.78, 5) is 6.75. The minimum Gasteiger partial charge on any atom is -0.379 e. The van der Waals surface area contributed by atoms with Crippen LogP contribution < -0.4 is 10.6 Å². The fourth-order valence-electron chi connectivity index (χ4n) is 3.17. The Kier molecular flexibility index (Phi) is 10.2. The second-order valence-corrected chi connectivity index (χ2v) is 7.24. The number of nitrogens with one attached hydrogen (secondary N) is 2. The molecule has 1 aliphatic rings. The molecule has 7 heteroatoms. The Bertz CT molecular complexity index is 592. The lowest BCUT2D eigenvalue weighted by atomic mass is 10.1. The van der Waals surface area contributed by atoms with Gasteiger partial charge >= 0.3 is 0 Å². The smallest absolute Gasteiger partial charge is 0.191 e. The molecule has 158 valence electrons. The molecule has 0 aromatic heterocycles. The van der Waals surface area contributed by atoms with E-state index in [-0.39, 0.29) is 18.0 Å². The molecule has 1 aliphatic heterocycles. The lowest BCUT2D eigenvalue weighted by molar-refractivity contribution is 0.0168. The van der Waals surface area contributed by atoms with Gasteiger partial charge in [-0.3, -0.25) is 4.99 Å². The van der Waals surface area contributed by atoms with Crippen molar-refractivity contribution in [3.63, 3.8) is 0 Å². The maximum Gasteiger partial charge on any atom is 0.191 e. The van der Waals surface area contributed by atoms with Gasteiger partial charge in [0.1, 0.15) is 5.82 Å². The highest BCUT2D eigenvalue weighted by Crippen LogP contribution is 2.19. The number of halogens is 1. The van der Waals surface area contributed by atoms with Crippen LogP contribution in [0.1, 0.15) is 37.8 Å². The fraction of sp³-hybridized carbons (Fsp3) is 0.667. The number of rotatable bonds is 11. The van der Waals surface area contributed by atoms with Gasteiger partial charge in [-0.25, -0.2) is 4.39 Å². The van der Waals surface area contributed by atoms with E-state index in [0.29, 0.717) is 19.8 Å². The fourth-order valence-corrected chi connectivity index (χ4v) is 3.17. The molecule has 1 fully saturated rings.